The second kappa shape index (κ2) is 8.95. The van der Waals surface area contributed by atoms with E-state index >= 15 is 0 Å². The minimum absolute atomic E-state index is 0.0724. The Balaban J connectivity index is 1.27. The van der Waals surface area contributed by atoms with Gasteiger partial charge in [-0.2, -0.15) is 0 Å². The summed E-state index contributed by atoms with van der Waals surface area (Å²) in [7, 11) is 0. The highest BCUT2D eigenvalue weighted by molar-refractivity contribution is 7.14. The molecule has 0 aliphatic carbocycles. The minimum Gasteiger partial charge on any atom is -0.491 e. The largest absolute Gasteiger partial charge is 0.491 e. The van der Waals surface area contributed by atoms with Crippen LogP contribution in [0.4, 0.5) is 15.5 Å². The Bertz CT molecular complexity index is 901. The Hall–Kier alpha value is -2.74. The summed E-state index contributed by atoms with van der Waals surface area (Å²) in [6.45, 7) is 7.66. The number of fused-ring (bicyclic) bond motifs is 1. The van der Waals surface area contributed by atoms with Gasteiger partial charge >= 0.3 is 6.09 Å². The van der Waals surface area contributed by atoms with Crippen molar-refractivity contribution in [1.82, 2.24) is 4.90 Å². The average Bonchev–Trinajstić information content (AvgIpc) is 3.17. The van der Waals surface area contributed by atoms with E-state index < -0.39 is 6.09 Å². The normalized spacial score (nSPS) is 19.0. The number of benzene rings is 1. The third-order valence-electron chi connectivity index (χ3n) is 5.05. The molecule has 2 aromatic rings. The molecule has 30 heavy (non-hydrogen) atoms. The van der Waals surface area contributed by atoms with Crippen molar-refractivity contribution in [2.75, 3.05) is 23.7 Å². The number of carbonyl (C=O) groups excluding carboxylic acids is 1. The third kappa shape index (κ3) is 4.87. The van der Waals surface area contributed by atoms with Crippen LogP contribution in [-0.2, 0) is 4.74 Å². The summed E-state index contributed by atoms with van der Waals surface area (Å²) in [6, 6.07) is 9.43. The van der Waals surface area contributed by atoms with Gasteiger partial charge in [0.05, 0.1) is 11.7 Å². The third-order valence-corrected chi connectivity index (χ3v) is 5.90. The summed E-state index contributed by atoms with van der Waals surface area (Å²) in [6.07, 6.45) is 1.25. The van der Waals surface area contributed by atoms with E-state index in [1.165, 1.54) is 10.6 Å². The molecular weight excluding hydrogens is 400 g/mol. The number of aliphatic imine (C=N–C) groups is 1. The molecule has 1 aromatic heterocycles. The Morgan fingerprint density at radius 2 is 1.97 bits per heavy atom. The van der Waals surface area contributed by atoms with Crippen molar-refractivity contribution < 1.29 is 14.3 Å². The maximum absolute atomic E-state index is 12.3. The van der Waals surface area contributed by atoms with E-state index in [1.54, 1.807) is 11.3 Å². The molecule has 1 saturated heterocycles. The smallest absolute Gasteiger partial charge is 0.411 e. The highest BCUT2D eigenvalue weighted by Crippen LogP contribution is 2.30. The van der Waals surface area contributed by atoms with Gasteiger partial charge in [-0.25, -0.2) is 9.79 Å². The van der Waals surface area contributed by atoms with Crippen molar-refractivity contribution in [2.45, 2.75) is 52.0 Å². The molecule has 1 unspecified atom stereocenters. The van der Waals surface area contributed by atoms with Gasteiger partial charge < -0.3 is 19.7 Å². The van der Waals surface area contributed by atoms with Crippen molar-refractivity contribution in [2.24, 2.45) is 4.99 Å². The monoisotopic (exact) mass is 428 g/mol. The second-order valence-corrected chi connectivity index (χ2v) is 8.76. The number of amidine groups is 1. The molecule has 2 N–H and O–H groups in total. The van der Waals surface area contributed by atoms with Gasteiger partial charge in [-0.15, -0.1) is 11.3 Å². The number of nitrogens with one attached hydrogen (secondary N) is 2. The number of amides is 1. The van der Waals surface area contributed by atoms with Crippen LogP contribution >= 0.6 is 11.3 Å². The fraction of sp³-hybridized carbons (Fsp3) is 0.455. The molecule has 160 valence electrons. The van der Waals surface area contributed by atoms with Gasteiger partial charge in [0.15, 0.2) is 0 Å². The molecule has 1 fully saturated rings. The van der Waals surface area contributed by atoms with Crippen LogP contribution < -0.4 is 15.4 Å². The fourth-order valence-electron chi connectivity index (χ4n) is 3.70. The molecule has 3 heterocycles. The quantitative estimate of drug-likeness (QED) is 0.734. The number of hydrogen-bond donors (Lipinski definition) is 2. The van der Waals surface area contributed by atoms with Crippen molar-refractivity contribution in [3.63, 3.8) is 0 Å². The van der Waals surface area contributed by atoms with Crippen LogP contribution in [-0.4, -0.2) is 48.3 Å². The zero-order chi connectivity index (χ0) is 21.1. The number of rotatable bonds is 4. The molecular formula is C22H28N4O3S. The van der Waals surface area contributed by atoms with E-state index in [0.29, 0.717) is 5.69 Å². The molecule has 0 saturated carbocycles. The molecule has 0 spiro atoms. The molecule has 7 nitrogen and oxygen atoms in total. The van der Waals surface area contributed by atoms with Crippen LogP contribution in [0, 0.1) is 0 Å². The molecule has 8 heteroatoms. The Morgan fingerprint density at radius 3 is 2.67 bits per heavy atom. The molecule has 2 aliphatic rings. The van der Waals surface area contributed by atoms with E-state index in [2.05, 4.69) is 33.9 Å². The zero-order valence-corrected chi connectivity index (χ0v) is 18.4. The molecule has 1 atom stereocenters. The predicted molar refractivity (Wildman–Crippen MR) is 121 cm³/mol. The highest BCUT2D eigenvalue weighted by atomic mass is 32.1. The number of piperidine rings is 1. The number of hydrogen-bond acceptors (Lipinski definition) is 7. The van der Waals surface area contributed by atoms with Gasteiger partial charge in [0.25, 0.3) is 0 Å². The lowest BCUT2D eigenvalue weighted by molar-refractivity contribution is 0.0750. The summed E-state index contributed by atoms with van der Waals surface area (Å²) in [5.74, 6) is 1.82. The van der Waals surface area contributed by atoms with Crippen molar-refractivity contribution >= 4 is 34.0 Å². The summed E-state index contributed by atoms with van der Waals surface area (Å²) in [5.41, 5.74) is 1.86. The van der Waals surface area contributed by atoms with E-state index in [1.807, 2.05) is 38.1 Å². The molecule has 1 aromatic carbocycles. The first-order chi connectivity index (χ1) is 14.5. The molecule has 1 amide bonds. The first-order valence-corrected chi connectivity index (χ1v) is 11.3. The maximum Gasteiger partial charge on any atom is 0.411 e. The standard InChI is InChI=1S/C22H28N4O3S/c1-14(2)28-17-6-4-16(5-7-17)25-22(27)29-18-8-11-26(12-9-18)20-19-10-13-30-21(19)24-15(3)23-20/h4-7,10,13-15,18,24H,8-9,11-12H2,1-3H3,(H,25,27). The van der Waals surface area contributed by atoms with Crippen molar-refractivity contribution in [3.8, 4) is 5.75 Å². The summed E-state index contributed by atoms with van der Waals surface area (Å²) >= 11 is 1.71. The SMILES string of the molecule is CC1N=C(N2CCC(OC(=O)Nc3ccc(OC(C)C)cc3)CC2)c2ccsc2N1. The average molecular weight is 429 g/mol. The first-order valence-electron chi connectivity index (χ1n) is 10.4. The zero-order valence-electron chi connectivity index (χ0n) is 17.6. The number of carbonyl (C=O) groups is 1. The Kier molecular flexibility index (Phi) is 6.13. The van der Waals surface area contributed by atoms with Gasteiger partial charge in [0.2, 0.25) is 0 Å². The number of ether oxygens (including phenoxy) is 2. The molecule has 0 bridgehead atoms. The fourth-order valence-corrected chi connectivity index (χ4v) is 4.56. The minimum atomic E-state index is -0.418. The van der Waals surface area contributed by atoms with Gasteiger partial charge in [0.1, 0.15) is 28.9 Å². The molecule has 0 radical (unpaired) electrons. The Labute approximate surface area is 181 Å². The van der Waals surface area contributed by atoms with E-state index in [4.69, 9.17) is 14.5 Å². The van der Waals surface area contributed by atoms with Gasteiger partial charge in [0, 0.05) is 31.6 Å². The lowest BCUT2D eigenvalue weighted by Gasteiger charge is -2.35. The van der Waals surface area contributed by atoms with E-state index in [9.17, 15) is 4.79 Å². The summed E-state index contributed by atoms with van der Waals surface area (Å²) < 4.78 is 11.3. The van der Waals surface area contributed by atoms with Gasteiger partial charge in [-0.05, 0) is 56.5 Å². The number of likely N-dealkylation sites (tertiary alicyclic amines) is 1. The first kappa shape index (κ1) is 20.5. The lowest BCUT2D eigenvalue weighted by Crippen LogP contribution is -2.44. The van der Waals surface area contributed by atoms with Gasteiger partial charge in [-0.1, -0.05) is 0 Å². The highest BCUT2D eigenvalue weighted by Gasteiger charge is 2.28. The van der Waals surface area contributed by atoms with E-state index in [-0.39, 0.29) is 18.4 Å². The van der Waals surface area contributed by atoms with E-state index in [0.717, 1.165) is 37.5 Å². The molecule has 4 rings (SSSR count). The van der Waals surface area contributed by atoms with Crippen LogP contribution in [0.5, 0.6) is 5.75 Å². The van der Waals surface area contributed by atoms with Crippen LogP contribution in [0.1, 0.15) is 39.2 Å². The topological polar surface area (TPSA) is 75.2 Å². The van der Waals surface area contributed by atoms with Crippen molar-refractivity contribution in [3.05, 3.63) is 41.3 Å². The second-order valence-electron chi connectivity index (χ2n) is 7.84. The number of anilines is 2. The summed E-state index contributed by atoms with van der Waals surface area (Å²) in [5, 5.41) is 9.46. The van der Waals surface area contributed by atoms with Crippen molar-refractivity contribution in [1.29, 1.82) is 0 Å². The number of thiophene rings is 1. The van der Waals surface area contributed by atoms with Crippen LogP contribution in [0.3, 0.4) is 0 Å². The predicted octanol–water partition coefficient (Wildman–Crippen LogP) is 4.77. The van der Waals surface area contributed by atoms with Crippen LogP contribution in [0.25, 0.3) is 0 Å². The number of nitrogens with zero attached hydrogens (tertiary/aromatic N) is 2. The summed E-state index contributed by atoms with van der Waals surface area (Å²) in [4.78, 5) is 19.4. The van der Waals surface area contributed by atoms with Gasteiger partial charge in [-0.3, -0.25) is 5.32 Å². The van der Waals surface area contributed by atoms with Crippen LogP contribution in [0.2, 0.25) is 0 Å². The maximum atomic E-state index is 12.3. The van der Waals surface area contributed by atoms with Crippen LogP contribution in [0.15, 0.2) is 40.7 Å². The lowest BCUT2D eigenvalue weighted by atomic mass is 10.1. The Morgan fingerprint density at radius 1 is 1.23 bits per heavy atom. The molecule has 2 aliphatic heterocycles.